The topological polar surface area (TPSA) is 59.3 Å². The van der Waals surface area contributed by atoms with Gasteiger partial charge >= 0.3 is 5.97 Å². The van der Waals surface area contributed by atoms with E-state index >= 15 is 0 Å². The van der Waals surface area contributed by atoms with E-state index in [-0.39, 0.29) is 5.92 Å². The van der Waals surface area contributed by atoms with Gasteiger partial charge in [0.05, 0.1) is 24.7 Å². The molecule has 0 radical (unpaired) electrons. The van der Waals surface area contributed by atoms with Crippen LogP contribution in [0.5, 0.6) is 5.75 Å². The highest BCUT2D eigenvalue weighted by atomic mass is 16.6. The number of rotatable bonds is 3. The second kappa shape index (κ2) is 5.98. The number of esters is 1. The Hall–Kier alpha value is -3.06. The summed E-state index contributed by atoms with van der Waals surface area (Å²) in [6.07, 6.45) is -0.487. The van der Waals surface area contributed by atoms with Gasteiger partial charge in [-0.2, -0.15) is 5.26 Å². The third-order valence-electron chi connectivity index (χ3n) is 4.02. The molecule has 23 heavy (non-hydrogen) atoms. The van der Waals surface area contributed by atoms with Crippen molar-refractivity contribution in [3.8, 4) is 11.8 Å². The van der Waals surface area contributed by atoms with Crippen molar-refractivity contribution >= 4 is 5.97 Å². The summed E-state index contributed by atoms with van der Waals surface area (Å²) in [5, 5.41) is 8.92. The van der Waals surface area contributed by atoms with Crippen molar-refractivity contribution in [2.24, 2.45) is 0 Å². The van der Waals surface area contributed by atoms with Crippen LogP contribution < -0.4 is 4.74 Å². The van der Waals surface area contributed by atoms with Gasteiger partial charge in [-0.3, -0.25) is 0 Å². The van der Waals surface area contributed by atoms with E-state index in [9.17, 15) is 4.79 Å². The number of ether oxygens (including phenoxy) is 2. The molecule has 4 heteroatoms. The van der Waals surface area contributed by atoms with Crippen LogP contribution in [0.25, 0.3) is 0 Å². The molecule has 0 unspecified atom stereocenters. The van der Waals surface area contributed by atoms with Gasteiger partial charge < -0.3 is 9.47 Å². The van der Waals surface area contributed by atoms with E-state index in [0.717, 1.165) is 11.1 Å². The second-order valence-electron chi connectivity index (χ2n) is 5.30. The molecule has 4 nitrogen and oxygen atoms in total. The molecule has 1 aliphatic rings. The molecule has 0 amide bonds. The Morgan fingerprint density at radius 3 is 2.52 bits per heavy atom. The lowest BCUT2D eigenvalue weighted by molar-refractivity contribution is -0.139. The lowest BCUT2D eigenvalue weighted by atomic mass is 9.85. The van der Waals surface area contributed by atoms with Gasteiger partial charge in [0.2, 0.25) is 0 Å². The number of para-hydroxylation sites is 1. The van der Waals surface area contributed by atoms with Crippen LogP contribution in [0.1, 0.15) is 28.7 Å². The Balaban J connectivity index is 2.06. The first-order valence-corrected chi connectivity index (χ1v) is 7.18. The molecule has 0 saturated carbocycles. The molecule has 2 aromatic carbocycles. The largest absolute Gasteiger partial charge is 0.496 e. The Morgan fingerprint density at radius 1 is 1.17 bits per heavy atom. The van der Waals surface area contributed by atoms with Crippen LogP contribution >= 0.6 is 0 Å². The van der Waals surface area contributed by atoms with E-state index in [2.05, 4.69) is 12.6 Å². The normalized spacial score (nSPS) is 20.0. The van der Waals surface area contributed by atoms with Crippen LogP contribution in [0.4, 0.5) is 0 Å². The zero-order valence-electron chi connectivity index (χ0n) is 12.7. The number of methoxy groups -OCH3 is 1. The summed E-state index contributed by atoms with van der Waals surface area (Å²) in [7, 11) is 1.58. The molecule has 2 atom stereocenters. The Morgan fingerprint density at radius 2 is 1.87 bits per heavy atom. The molecule has 1 heterocycles. The van der Waals surface area contributed by atoms with Crippen molar-refractivity contribution in [2.45, 2.75) is 12.0 Å². The van der Waals surface area contributed by atoms with E-state index in [0.29, 0.717) is 16.9 Å². The first kappa shape index (κ1) is 14.9. The summed E-state index contributed by atoms with van der Waals surface area (Å²) in [6.45, 7) is 3.89. The third-order valence-corrected chi connectivity index (χ3v) is 4.02. The highest BCUT2D eigenvalue weighted by Crippen LogP contribution is 2.47. The Kier molecular flexibility index (Phi) is 3.86. The van der Waals surface area contributed by atoms with Gasteiger partial charge in [0.25, 0.3) is 0 Å². The fraction of sp³-hybridized carbons (Fsp3) is 0.158. The minimum atomic E-state index is -0.487. The smallest absolute Gasteiger partial charge is 0.334 e. The van der Waals surface area contributed by atoms with Crippen molar-refractivity contribution in [2.75, 3.05) is 7.11 Å². The highest BCUT2D eigenvalue weighted by Gasteiger charge is 2.41. The van der Waals surface area contributed by atoms with E-state index < -0.39 is 12.1 Å². The fourth-order valence-corrected chi connectivity index (χ4v) is 2.85. The first-order valence-electron chi connectivity index (χ1n) is 7.18. The predicted octanol–water partition coefficient (Wildman–Crippen LogP) is 3.50. The van der Waals surface area contributed by atoms with E-state index in [1.807, 2.05) is 36.4 Å². The van der Waals surface area contributed by atoms with Gasteiger partial charge in [-0.1, -0.05) is 36.9 Å². The molecule has 0 aliphatic carbocycles. The average molecular weight is 305 g/mol. The van der Waals surface area contributed by atoms with E-state index in [1.165, 1.54) is 0 Å². The summed E-state index contributed by atoms with van der Waals surface area (Å²) < 4.78 is 10.9. The molecule has 1 fully saturated rings. The average Bonchev–Trinajstić information content (AvgIpc) is 2.90. The summed E-state index contributed by atoms with van der Waals surface area (Å²) in [4.78, 5) is 12.0. The van der Waals surface area contributed by atoms with Gasteiger partial charge in [-0.15, -0.1) is 0 Å². The molecule has 0 bridgehead atoms. The van der Waals surface area contributed by atoms with Crippen LogP contribution in [-0.2, 0) is 9.53 Å². The maximum Gasteiger partial charge on any atom is 0.334 e. The van der Waals surface area contributed by atoms with E-state index in [1.54, 1.807) is 19.2 Å². The Labute approximate surface area is 134 Å². The molecular weight excluding hydrogens is 290 g/mol. The van der Waals surface area contributed by atoms with Gasteiger partial charge in [-0.05, 0) is 23.8 Å². The van der Waals surface area contributed by atoms with Crippen molar-refractivity contribution in [3.05, 3.63) is 77.4 Å². The zero-order valence-corrected chi connectivity index (χ0v) is 12.7. The summed E-state index contributed by atoms with van der Waals surface area (Å²) in [5.41, 5.74) is 2.66. The zero-order chi connectivity index (χ0) is 16.4. The van der Waals surface area contributed by atoms with Crippen LogP contribution in [-0.4, -0.2) is 13.1 Å². The van der Waals surface area contributed by atoms with Gasteiger partial charge in [0.1, 0.15) is 11.9 Å². The van der Waals surface area contributed by atoms with Crippen LogP contribution in [0.3, 0.4) is 0 Å². The molecule has 1 saturated heterocycles. The number of nitrogens with zero attached hydrogens (tertiary/aromatic N) is 1. The van der Waals surface area contributed by atoms with E-state index in [4.69, 9.17) is 14.7 Å². The van der Waals surface area contributed by atoms with Gasteiger partial charge in [-0.25, -0.2) is 4.79 Å². The quantitative estimate of drug-likeness (QED) is 0.643. The minimum absolute atomic E-state index is 0.299. The summed E-state index contributed by atoms with van der Waals surface area (Å²) in [6, 6.07) is 16.7. The van der Waals surface area contributed by atoms with Crippen molar-refractivity contribution < 1.29 is 14.3 Å². The number of carbonyl (C=O) groups is 1. The van der Waals surface area contributed by atoms with Gasteiger partial charge in [0, 0.05) is 11.1 Å². The molecule has 0 N–H and O–H groups in total. The minimum Gasteiger partial charge on any atom is -0.496 e. The number of benzene rings is 2. The predicted molar refractivity (Wildman–Crippen MR) is 84.9 cm³/mol. The molecule has 114 valence electrons. The van der Waals surface area contributed by atoms with Crippen molar-refractivity contribution in [1.82, 2.24) is 0 Å². The fourth-order valence-electron chi connectivity index (χ4n) is 2.85. The maximum absolute atomic E-state index is 12.0. The molecule has 3 rings (SSSR count). The van der Waals surface area contributed by atoms with Crippen molar-refractivity contribution in [3.63, 3.8) is 0 Å². The SMILES string of the molecule is C=C1C(=O)O[C@H](c2ccccc2OC)[C@@H]1c1ccc(C#N)cc1. The molecule has 2 aromatic rings. The standard InChI is InChI=1S/C19H15NO3/c1-12-17(14-9-7-13(11-20)8-10-14)18(23-19(12)21)15-5-3-4-6-16(15)22-2/h3-10,17-18H,1H2,2H3/t17-,18+/m0/s1. The first-order chi connectivity index (χ1) is 11.2. The summed E-state index contributed by atoms with van der Waals surface area (Å²) >= 11 is 0. The maximum atomic E-state index is 12.0. The molecule has 0 aromatic heterocycles. The van der Waals surface area contributed by atoms with Crippen LogP contribution in [0.2, 0.25) is 0 Å². The number of nitriles is 1. The third kappa shape index (κ3) is 2.58. The Bertz CT molecular complexity index is 802. The lowest BCUT2D eigenvalue weighted by Gasteiger charge is -2.20. The van der Waals surface area contributed by atoms with Gasteiger partial charge in [0.15, 0.2) is 0 Å². The molecule has 0 spiro atoms. The summed E-state index contributed by atoms with van der Waals surface area (Å²) in [5.74, 6) is -0.0412. The molecule has 1 aliphatic heterocycles. The van der Waals surface area contributed by atoms with Crippen LogP contribution in [0, 0.1) is 11.3 Å². The lowest BCUT2D eigenvalue weighted by Crippen LogP contribution is -2.08. The number of hydrogen-bond acceptors (Lipinski definition) is 4. The van der Waals surface area contributed by atoms with Crippen LogP contribution in [0.15, 0.2) is 60.7 Å². The second-order valence-corrected chi connectivity index (χ2v) is 5.30. The number of carbonyl (C=O) groups excluding carboxylic acids is 1. The number of cyclic esters (lactones) is 1. The highest BCUT2D eigenvalue weighted by molar-refractivity contribution is 5.92. The molecular formula is C19H15NO3. The number of hydrogen-bond donors (Lipinski definition) is 0. The monoisotopic (exact) mass is 305 g/mol. The van der Waals surface area contributed by atoms with Crippen molar-refractivity contribution in [1.29, 1.82) is 5.26 Å².